The third-order valence-corrected chi connectivity index (χ3v) is 4.11. The van der Waals surface area contributed by atoms with Crippen LogP contribution in [-0.2, 0) is 5.75 Å². The third kappa shape index (κ3) is 3.45. The van der Waals surface area contributed by atoms with E-state index in [1.165, 1.54) is 0 Å². The SMILES string of the molecule is Nc1cc(Cl)ccc1SCc1nc(Cl)ccc1Cl. The zero-order valence-electron chi connectivity index (χ0n) is 9.16. The van der Waals surface area contributed by atoms with Gasteiger partial charge < -0.3 is 5.73 Å². The van der Waals surface area contributed by atoms with E-state index in [1.54, 1.807) is 36.0 Å². The van der Waals surface area contributed by atoms with Gasteiger partial charge in [-0.15, -0.1) is 11.8 Å². The van der Waals surface area contributed by atoms with Crippen LogP contribution in [0.3, 0.4) is 0 Å². The number of thioether (sulfide) groups is 1. The zero-order chi connectivity index (χ0) is 13.1. The van der Waals surface area contributed by atoms with Gasteiger partial charge >= 0.3 is 0 Å². The summed E-state index contributed by atoms with van der Waals surface area (Å²) in [7, 11) is 0. The van der Waals surface area contributed by atoms with Gasteiger partial charge in [0.2, 0.25) is 0 Å². The van der Waals surface area contributed by atoms with Crippen LogP contribution in [-0.4, -0.2) is 4.98 Å². The molecule has 0 bridgehead atoms. The lowest BCUT2D eigenvalue weighted by Crippen LogP contribution is -1.92. The number of halogens is 3. The zero-order valence-corrected chi connectivity index (χ0v) is 12.2. The van der Waals surface area contributed by atoms with Gasteiger partial charge in [-0.05, 0) is 30.3 Å². The molecule has 0 atom stereocenters. The lowest BCUT2D eigenvalue weighted by molar-refractivity contribution is 1.17. The number of hydrogen-bond acceptors (Lipinski definition) is 3. The van der Waals surface area contributed by atoms with Crippen molar-refractivity contribution >= 4 is 52.3 Å². The largest absolute Gasteiger partial charge is 0.398 e. The summed E-state index contributed by atoms with van der Waals surface area (Å²) >= 11 is 19.3. The fourth-order valence-corrected chi connectivity index (χ4v) is 2.85. The van der Waals surface area contributed by atoms with Crippen molar-refractivity contribution in [3.8, 4) is 0 Å². The minimum Gasteiger partial charge on any atom is -0.398 e. The lowest BCUT2D eigenvalue weighted by Gasteiger charge is -2.07. The minimum atomic E-state index is 0.430. The molecule has 2 nitrogen and oxygen atoms in total. The van der Waals surface area contributed by atoms with Gasteiger partial charge in [-0.2, -0.15) is 0 Å². The van der Waals surface area contributed by atoms with Crippen LogP contribution >= 0.6 is 46.6 Å². The molecule has 2 N–H and O–H groups in total. The van der Waals surface area contributed by atoms with E-state index in [4.69, 9.17) is 40.5 Å². The molecule has 0 aliphatic heterocycles. The van der Waals surface area contributed by atoms with Crippen LogP contribution < -0.4 is 5.73 Å². The molecule has 0 fully saturated rings. The van der Waals surface area contributed by atoms with E-state index in [-0.39, 0.29) is 0 Å². The molecule has 1 heterocycles. The number of nitrogens with two attached hydrogens (primary N) is 1. The smallest absolute Gasteiger partial charge is 0.129 e. The minimum absolute atomic E-state index is 0.430. The summed E-state index contributed by atoms with van der Waals surface area (Å²) in [5.74, 6) is 0.602. The molecule has 6 heteroatoms. The van der Waals surface area contributed by atoms with E-state index in [0.29, 0.717) is 26.6 Å². The fourth-order valence-electron chi connectivity index (χ4n) is 1.36. The van der Waals surface area contributed by atoms with Gasteiger partial charge in [-0.1, -0.05) is 34.8 Å². The molecule has 0 saturated heterocycles. The van der Waals surface area contributed by atoms with Crippen molar-refractivity contribution in [2.45, 2.75) is 10.6 Å². The van der Waals surface area contributed by atoms with Crippen LogP contribution in [0, 0.1) is 0 Å². The highest BCUT2D eigenvalue weighted by atomic mass is 35.5. The van der Waals surface area contributed by atoms with Crippen LogP contribution in [0.15, 0.2) is 35.2 Å². The van der Waals surface area contributed by atoms with E-state index in [9.17, 15) is 0 Å². The molecule has 0 aliphatic carbocycles. The summed E-state index contributed by atoms with van der Waals surface area (Å²) in [6.07, 6.45) is 0. The van der Waals surface area contributed by atoms with Crippen molar-refractivity contribution < 1.29 is 0 Å². The predicted octanol–water partition coefficient (Wildman–Crippen LogP) is 4.92. The third-order valence-electron chi connectivity index (χ3n) is 2.22. The number of benzene rings is 1. The monoisotopic (exact) mass is 318 g/mol. The molecule has 1 aromatic carbocycles. The maximum Gasteiger partial charge on any atom is 0.129 e. The Morgan fingerprint density at radius 2 is 1.89 bits per heavy atom. The molecule has 0 saturated carbocycles. The van der Waals surface area contributed by atoms with Crippen molar-refractivity contribution in [1.29, 1.82) is 0 Å². The van der Waals surface area contributed by atoms with Crippen molar-refractivity contribution in [3.63, 3.8) is 0 Å². The fraction of sp³-hybridized carbons (Fsp3) is 0.0833. The van der Waals surface area contributed by atoms with Gasteiger partial charge in [0.05, 0.1) is 10.7 Å². The highest BCUT2D eigenvalue weighted by Gasteiger charge is 2.06. The molecule has 0 aliphatic rings. The number of aromatic nitrogens is 1. The quantitative estimate of drug-likeness (QED) is 0.496. The standard InChI is InChI=1S/C12H9Cl3N2S/c13-7-1-3-11(9(16)5-7)18-6-10-8(14)2-4-12(15)17-10/h1-5H,6,16H2. The Balaban J connectivity index is 2.13. The molecule has 0 spiro atoms. The van der Waals surface area contributed by atoms with Crippen molar-refractivity contribution in [2.24, 2.45) is 0 Å². The molecule has 0 radical (unpaired) electrons. The predicted molar refractivity (Wildman–Crippen MR) is 79.7 cm³/mol. The van der Waals surface area contributed by atoms with Gasteiger partial charge in [0.15, 0.2) is 0 Å². The maximum atomic E-state index is 6.04. The molecular formula is C12H9Cl3N2S. The first-order chi connectivity index (χ1) is 8.56. The number of pyridine rings is 1. The van der Waals surface area contributed by atoms with Crippen LogP contribution in [0.4, 0.5) is 5.69 Å². The summed E-state index contributed by atoms with van der Waals surface area (Å²) in [5.41, 5.74) is 7.25. The van der Waals surface area contributed by atoms with E-state index in [2.05, 4.69) is 4.98 Å². The Morgan fingerprint density at radius 3 is 2.61 bits per heavy atom. The van der Waals surface area contributed by atoms with Crippen LogP contribution in [0.1, 0.15) is 5.69 Å². The number of nitrogens with zero attached hydrogens (tertiary/aromatic N) is 1. The Labute approximate surface area is 124 Å². The van der Waals surface area contributed by atoms with E-state index in [0.717, 1.165) is 10.6 Å². The average Bonchev–Trinajstić information content (AvgIpc) is 2.32. The van der Waals surface area contributed by atoms with Crippen LogP contribution in [0.5, 0.6) is 0 Å². The van der Waals surface area contributed by atoms with Crippen LogP contribution in [0.25, 0.3) is 0 Å². The second-order valence-corrected chi connectivity index (χ2v) is 5.78. The lowest BCUT2D eigenvalue weighted by atomic mass is 10.3. The normalized spacial score (nSPS) is 10.6. The Bertz CT molecular complexity index is 575. The summed E-state index contributed by atoms with van der Waals surface area (Å²) in [5, 5.41) is 1.65. The second-order valence-electron chi connectivity index (χ2n) is 3.53. The summed E-state index contributed by atoms with van der Waals surface area (Å²) in [6.45, 7) is 0. The first kappa shape index (κ1) is 13.8. The topological polar surface area (TPSA) is 38.9 Å². The van der Waals surface area contributed by atoms with Crippen molar-refractivity contribution in [3.05, 3.63) is 51.2 Å². The first-order valence-electron chi connectivity index (χ1n) is 5.05. The molecule has 2 rings (SSSR count). The van der Waals surface area contributed by atoms with Crippen molar-refractivity contribution in [1.82, 2.24) is 4.98 Å². The number of rotatable bonds is 3. The number of hydrogen-bond donors (Lipinski definition) is 1. The van der Waals surface area contributed by atoms with Gasteiger partial charge in [-0.25, -0.2) is 4.98 Å². The summed E-state index contributed by atoms with van der Waals surface area (Å²) in [4.78, 5) is 5.12. The molecule has 18 heavy (non-hydrogen) atoms. The number of nitrogen functional groups attached to an aromatic ring is 1. The van der Waals surface area contributed by atoms with Gasteiger partial charge in [-0.3, -0.25) is 0 Å². The molecule has 0 unspecified atom stereocenters. The Kier molecular flexibility index (Phi) is 4.62. The molecule has 2 aromatic rings. The molecule has 1 aromatic heterocycles. The average molecular weight is 320 g/mol. The van der Waals surface area contributed by atoms with E-state index < -0.39 is 0 Å². The second kappa shape index (κ2) is 6.02. The van der Waals surface area contributed by atoms with E-state index in [1.807, 2.05) is 6.07 Å². The Hall–Kier alpha value is -0.610. The van der Waals surface area contributed by atoms with Gasteiger partial charge in [0.1, 0.15) is 5.15 Å². The highest BCUT2D eigenvalue weighted by molar-refractivity contribution is 7.98. The van der Waals surface area contributed by atoms with E-state index >= 15 is 0 Å². The number of anilines is 1. The molecule has 0 amide bonds. The summed E-state index contributed by atoms with van der Waals surface area (Å²) in [6, 6.07) is 8.79. The van der Waals surface area contributed by atoms with Gasteiger partial charge in [0, 0.05) is 21.4 Å². The van der Waals surface area contributed by atoms with Gasteiger partial charge in [0.25, 0.3) is 0 Å². The maximum absolute atomic E-state index is 6.04. The first-order valence-corrected chi connectivity index (χ1v) is 7.17. The summed E-state index contributed by atoms with van der Waals surface area (Å²) < 4.78 is 0. The van der Waals surface area contributed by atoms with Crippen molar-refractivity contribution in [2.75, 3.05) is 5.73 Å². The molecule has 94 valence electrons. The highest BCUT2D eigenvalue weighted by Crippen LogP contribution is 2.31. The van der Waals surface area contributed by atoms with Crippen LogP contribution in [0.2, 0.25) is 15.2 Å². The molecular weight excluding hydrogens is 311 g/mol. The Morgan fingerprint density at radius 1 is 1.11 bits per heavy atom.